The molecule has 2 amide bonds. The van der Waals surface area contributed by atoms with Crippen molar-refractivity contribution >= 4 is 55.6 Å². The van der Waals surface area contributed by atoms with E-state index in [1.54, 1.807) is 6.20 Å². The van der Waals surface area contributed by atoms with Crippen molar-refractivity contribution in [2.24, 2.45) is 0 Å². The second-order valence-electron chi connectivity index (χ2n) is 11.0. The highest BCUT2D eigenvalue weighted by Crippen LogP contribution is 2.46. The Bertz CT molecular complexity index is 2040. The van der Waals surface area contributed by atoms with E-state index >= 15 is 0 Å². The number of rotatable bonds is 5. The largest absolute Gasteiger partial charge is 0.446 e. The van der Waals surface area contributed by atoms with E-state index in [0.717, 1.165) is 54.9 Å². The standard InChI is InChI=1S/C32H27N5O4/c38-30-27-22(15-35-30)25-20-8-1-3-10-23(20)36-16-32(40,18-41-31(39)34-14-12-19-7-5-6-13-33-19)17-37-24-11-4-2-9-21(24)26(27)29(37)28(25)36/h1-11,13,40H,12,14-18H2,(H,34,39)(H,35,38). The smallest absolute Gasteiger partial charge is 0.407 e. The van der Waals surface area contributed by atoms with Crippen LogP contribution < -0.4 is 10.6 Å². The van der Waals surface area contributed by atoms with Crippen molar-refractivity contribution in [3.8, 4) is 0 Å². The average Bonchev–Trinajstić information content (AvgIpc) is 3.60. The van der Waals surface area contributed by atoms with Crippen molar-refractivity contribution in [2.75, 3.05) is 13.2 Å². The Kier molecular flexibility index (Phi) is 5.14. The molecule has 3 N–H and O–H groups in total. The first-order chi connectivity index (χ1) is 20.0. The minimum atomic E-state index is -1.41. The maximum absolute atomic E-state index is 13.3. The Hall–Kier alpha value is -4.89. The summed E-state index contributed by atoms with van der Waals surface area (Å²) in [6.07, 6.45) is 1.71. The zero-order chi connectivity index (χ0) is 27.7. The van der Waals surface area contributed by atoms with Crippen LogP contribution in [0.3, 0.4) is 0 Å². The van der Waals surface area contributed by atoms with E-state index in [9.17, 15) is 14.7 Å². The molecule has 6 aromatic rings. The predicted molar refractivity (Wildman–Crippen MR) is 156 cm³/mol. The van der Waals surface area contributed by atoms with Gasteiger partial charge in [0.2, 0.25) is 0 Å². The van der Waals surface area contributed by atoms with E-state index in [4.69, 9.17) is 4.74 Å². The molecule has 9 heteroatoms. The summed E-state index contributed by atoms with van der Waals surface area (Å²) in [5.74, 6) is -0.0770. The summed E-state index contributed by atoms with van der Waals surface area (Å²) in [5, 5.41) is 21.9. The highest BCUT2D eigenvalue weighted by atomic mass is 16.6. The lowest BCUT2D eigenvalue weighted by atomic mass is 9.97. The number of hydrogen-bond donors (Lipinski definition) is 3. The van der Waals surface area contributed by atoms with E-state index in [-0.39, 0.29) is 25.6 Å². The van der Waals surface area contributed by atoms with Gasteiger partial charge in [-0.05, 0) is 29.8 Å². The van der Waals surface area contributed by atoms with Gasteiger partial charge >= 0.3 is 6.09 Å². The van der Waals surface area contributed by atoms with E-state index in [0.29, 0.717) is 25.1 Å². The molecule has 0 fully saturated rings. The first kappa shape index (κ1) is 24.0. The van der Waals surface area contributed by atoms with Gasteiger partial charge in [0.25, 0.3) is 5.91 Å². The van der Waals surface area contributed by atoms with Gasteiger partial charge in [0, 0.05) is 64.0 Å². The van der Waals surface area contributed by atoms with Crippen LogP contribution in [0.1, 0.15) is 21.6 Å². The second-order valence-corrected chi connectivity index (χ2v) is 11.0. The van der Waals surface area contributed by atoms with Crippen molar-refractivity contribution in [2.45, 2.75) is 31.7 Å². The number of carbonyl (C=O) groups is 2. The Morgan fingerprint density at radius 3 is 2.32 bits per heavy atom. The number of pyridine rings is 1. The molecule has 41 heavy (non-hydrogen) atoms. The fourth-order valence-corrected chi connectivity index (χ4v) is 6.77. The number of fused-ring (bicyclic) bond motifs is 9. The summed E-state index contributed by atoms with van der Waals surface area (Å²) < 4.78 is 9.87. The van der Waals surface area contributed by atoms with Gasteiger partial charge in [-0.1, -0.05) is 42.5 Å². The monoisotopic (exact) mass is 545 g/mol. The Morgan fingerprint density at radius 2 is 1.61 bits per heavy atom. The van der Waals surface area contributed by atoms with Gasteiger partial charge < -0.3 is 29.6 Å². The first-order valence-electron chi connectivity index (χ1n) is 13.8. The van der Waals surface area contributed by atoms with Crippen LogP contribution in [0, 0.1) is 0 Å². The topological polar surface area (TPSA) is 110 Å². The molecule has 9 nitrogen and oxygen atoms in total. The summed E-state index contributed by atoms with van der Waals surface area (Å²) in [6, 6.07) is 21.8. The summed E-state index contributed by atoms with van der Waals surface area (Å²) in [6.45, 7) is 1.06. The molecule has 0 saturated heterocycles. The van der Waals surface area contributed by atoms with Crippen LogP contribution in [0.15, 0.2) is 72.9 Å². The van der Waals surface area contributed by atoms with Crippen molar-refractivity contribution < 1.29 is 19.4 Å². The number of hydrogen-bond acceptors (Lipinski definition) is 5. The molecule has 0 saturated carbocycles. The third-order valence-electron chi connectivity index (χ3n) is 8.43. The predicted octanol–water partition coefficient (Wildman–Crippen LogP) is 4.25. The molecular formula is C32H27N5O4. The van der Waals surface area contributed by atoms with Gasteiger partial charge in [-0.25, -0.2) is 4.79 Å². The van der Waals surface area contributed by atoms with Gasteiger partial charge in [-0.2, -0.15) is 0 Å². The van der Waals surface area contributed by atoms with Crippen LogP contribution >= 0.6 is 0 Å². The lowest BCUT2D eigenvalue weighted by Crippen LogP contribution is -2.44. The van der Waals surface area contributed by atoms with Crippen LogP contribution in [0.5, 0.6) is 0 Å². The van der Waals surface area contributed by atoms with Crippen molar-refractivity contribution in [3.63, 3.8) is 0 Å². The second kappa shape index (κ2) is 8.81. The summed E-state index contributed by atoms with van der Waals surface area (Å²) in [5.41, 5.74) is 4.96. The summed E-state index contributed by atoms with van der Waals surface area (Å²) >= 11 is 0. The Morgan fingerprint density at radius 1 is 0.951 bits per heavy atom. The maximum atomic E-state index is 13.3. The quantitative estimate of drug-likeness (QED) is 0.300. The molecule has 2 aliphatic heterocycles. The van der Waals surface area contributed by atoms with Crippen molar-refractivity contribution in [3.05, 3.63) is 89.7 Å². The lowest BCUT2D eigenvalue weighted by Gasteiger charge is -2.28. The molecule has 3 aromatic carbocycles. The van der Waals surface area contributed by atoms with Crippen LogP contribution in [-0.2, 0) is 30.8 Å². The number of nitrogens with one attached hydrogen (secondary N) is 2. The molecule has 5 heterocycles. The Balaban J connectivity index is 1.24. The SMILES string of the molecule is O=C(NCCc1ccccn1)OCC1(O)Cn2c3ccccc3c3c4c(c5c6ccccc6n(c5c32)C1)C(=O)NC4. The molecule has 1 atom stereocenters. The highest BCUT2D eigenvalue weighted by Gasteiger charge is 2.39. The van der Waals surface area contributed by atoms with E-state index in [2.05, 4.69) is 30.8 Å². The zero-order valence-corrected chi connectivity index (χ0v) is 22.2. The van der Waals surface area contributed by atoms with Gasteiger partial charge in [0.05, 0.1) is 29.7 Å². The molecule has 1 unspecified atom stereocenters. The van der Waals surface area contributed by atoms with Gasteiger partial charge in [-0.15, -0.1) is 0 Å². The molecule has 0 radical (unpaired) electrons. The van der Waals surface area contributed by atoms with Crippen LogP contribution in [0.2, 0.25) is 0 Å². The van der Waals surface area contributed by atoms with E-state index < -0.39 is 11.7 Å². The zero-order valence-electron chi connectivity index (χ0n) is 22.2. The molecular weight excluding hydrogens is 518 g/mol. The van der Waals surface area contributed by atoms with Gasteiger partial charge in [-0.3, -0.25) is 9.78 Å². The fraction of sp³-hybridized carbons (Fsp3) is 0.219. The number of alkyl carbamates (subject to hydrolysis) is 1. The fourth-order valence-electron chi connectivity index (χ4n) is 6.77. The first-order valence-corrected chi connectivity index (χ1v) is 13.8. The number of benzene rings is 3. The number of carbonyl (C=O) groups excluding carboxylic acids is 2. The van der Waals surface area contributed by atoms with Gasteiger partial charge in [0.1, 0.15) is 12.2 Å². The summed E-state index contributed by atoms with van der Waals surface area (Å²) in [4.78, 5) is 30.2. The van der Waals surface area contributed by atoms with Gasteiger partial charge in [0.15, 0.2) is 0 Å². The molecule has 0 spiro atoms. The minimum Gasteiger partial charge on any atom is -0.446 e. The van der Waals surface area contributed by atoms with Crippen molar-refractivity contribution in [1.29, 1.82) is 0 Å². The highest BCUT2D eigenvalue weighted by molar-refractivity contribution is 6.30. The third-order valence-corrected chi connectivity index (χ3v) is 8.43. The molecule has 3 aromatic heterocycles. The lowest BCUT2D eigenvalue weighted by molar-refractivity contribution is -0.0422. The molecule has 2 aliphatic rings. The number of ether oxygens (including phenoxy) is 1. The number of aromatic nitrogens is 3. The van der Waals surface area contributed by atoms with Crippen LogP contribution in [0.25, 0.3) is 43.6 Å². The maximum Gasteiger partial charge on any atom is 0.407 e. The van der Waals surface area contributed by atoms with Crippen molar-refractivity contribution in [1.82, 2.24) is 24.8 Å². The number of para-hydroxylation sites is 2. The normalized spacial score (nSPS) is 17.8. The van der Waals surface area contributed by atoms with Crippen LogP contribution in [-0.4, -0.2) is 50.0 Å². The number of nitrogens with zero attached hydrogens (tertiary/aromatic N) is 3. The Labute approximate surface area is 234 Å². The number of amides is 2. The van der Waals surface area contributed by atoms with E-state index in [1.165, 1.54) is 0 Å². The number of aliphatic hydroxyl groups is 1. The minimum absolute atomic E-state index is 0.0770. The van der Waals surface area contributed by atoms with E-state index in [1.807, 2.05) is 60.7 Å². The summed E-state index contributed by atoms with van der Waals surface area (Å²) in [7, 11) is 0. The molecule has 8 rings (SSSR count). The molecule has 0 aliphatic carbocycles. The molecule has 204 valence electrons. The van der Waals surface area contributed by atoms with Crippen LogP contribution in [0.4, 0.5) is 4.79 Å². The molecule has 0 bridgehead atoms. The average molecular weight is 546 g/mol. The third kappa shape index (κ3) is 3.55.